The minimum atomic E-state index is -0.482. The number of rotatable bonds is 6. The molecule has 2 saturated heterocycles. The highest BCUT2D eigenvalue weighted by molar-refractivity contribution is 8.13. The third-order valence-corrected chi connectivity index (χ3v) is 5.06. The number of likely N-dealkylation sites (tertiary alicyclic amines) is 1. The van der Waals surface area contributed by atoms with Crippen molar-refractivity contribution < 1.29 is 18.7 Å². The molecule has 3 rings (SSSR count). The first-order chi connectivity index (χ1) is 11.1. The summed E-state index contributed by atoms with van der Waals surface area (Å²) in [5.74, 6) is 0.331. The molecule has 2 aliphatic rings. The van der Waals surface area contributed by atoms with E-state index >= 15 is 0 Å². The maximum absolute atomic E-state index is 13.2. The van der Waals surface area contributed by atoms with Crippen molar-refractivity contribution in [2.45, 2.75) is 19.0 Å². The lowest BCUT2D eigenvalue weighted by molar-refractivity contribution is -0.158. The topological polar surface area (TPSA) is 49.9 Å². The molecule has 0 radical (unpaired) electrons. The van der Waals surface area contributed by atoms with Crippen molar-refractivity contribution in [2.24, 2.45) is 0 Å². The normalized spacial score (nSPS) is 24.3. The van der Waals surface area contributed by atoms with Crippen molar-refractivity contribution in [1.29, 1.82) is 0 Å². The first-order valence-electron chi connectivity index (χ1n) is 7.70. The first-order valence-corrected chi connectivity index (χ1v) is 8.69. The Labute approximate surface area is 138 Å². The Kier molecular flexibility index (Phi) is 4.87. The molecule has 23 heavy (non-hydrogen) atoms. The monoisotopic (exact) mass is 338 g/mol. The molecule has 0 saturated carbocycles. The first kappa shape index (κ1) is 16.3. The van der Waals surface area contributed by atoms with Crippen LogP contribution in [0.3, 0.4) is 0 Å². The number of thioether (sulfide) groups is 1. The van der Waals surface area contributed by atoms with Gasteiger partial charge in [0.2, 0.25) is 5.91 Å². The lowest BCUT2D eigenvalue weighted by Crippen LogP contribution is -2.66. The van der Waals surface area contributed by atoms with Crippen molar-refractivity contribution >= 4 is 22.9 Å². The fraction of sp³-hybridized carbons (Fsp3) is 0.500. The van der Waals surface area contributed by atoms with Gasteiger partial charge in [-0.2, -0.15) is 0 Å². The predicted octanol–water partition coefficient (Wildman–Crippen LogP) is 2.28. The van der Waals surface area contributed by atoms with Crippen molar-refractivity contribution in [3.63, 3.8) is 0 Å². The second-order valence-electron chi connectivity index (χ2n) is 5.48. The number of hydrogen-bond acceptors (Lipinski definition) is 4. The minimum absolute atomic E-state index is 0.0556. The van der Waals surface area contributed by atoms with Gasteiger partial charge in [0.15, 0.2) is 0 Å². The number of carbonyl (C=O) groups is 2. The minimum Gasteiger partial charge on any atom is -0.380 e. The number of amides is 2. The van der Waals surface area contributed by atoms with E-state index in [0.29, 0.717) is 32.1 Å². The van der Waals surface area contributed by atoms with Gasteiger partial charge in [-0.3, -0.25) is 9.59 Å². The van der Waals surface area contributed by atoms with E-state index in [1.54, 1.807) is 21.9 Å². The van der Waals surface area contributed by atoms with Gasteiger partial charge in [-0.1, -0.05) is 23.9 Å². The maximum atomic E-state index is 13.2. The van der Waals surface area contributed by atoms with Crippen LogP contribution in [-0.4, -0.2) is 59.0 Å². The molecule has 2 fully saturated rings. The number of benzene rings is 1. The average Bonchev–Trinajstić information content (AvgIpc) is 2.95. The summed E-state index contributed by atoms with van der Waals surface area (Å²) in [6.07, 6.45) is 0. The van der Waals surface area contributed by atoms with Gasteiger partial charge in [-0.05, 0) is 24.6 Å². The Balaban J connectivity index is 1.82. The molecule has 2 heterocycles. The highest BCUT2D eigenvalue weighted by Crippen LogP contribution is 2.40. The molecule has 124 valence electrons. The summed E-state index contributed by atoms with van der Waals surface area (Å²) in [5.41, 5.74) is 0.845. The maximum Gasteiger partial charge on any atom is 0.282 e. The second-order valence-corrected chi connectivity index (χ2v) is 6.52. The summed E-state index contributed by atoms with van der Waals surface area (Å²) in [5, 5.41) is -0.0556. The molecule has 1 aromatic carbocycles. The summed E-state index contributed by atoms with van der Waals surface area (Å²) < 4.78 is 18.5. The molecular formula is C16H19FN2O3S. The van der Waals surface area contributed by atoms with E-state index in [4.69, 9.17) is 4.74 Å². The largest absolute Gasteiger partial charge is 0.380 e. The van der Waals surface area contributed by atoms with E-state index in [1.807, 2.05) is 6.92 Å². The summed E-state index contributed by atoms with van der Waals surface area (Å²) in [6.45, 7) is 4.00. The van der Waals surface area contributed by atoms with E-state index in [0.717, 1.165) is 5.56 Å². The number of ether oxygens (including phenoxy) is 1. The Bertz CT molecular complexity index is 595. The van der Waals surface area contributed by atoms with Crippen molar-refractivity contribution in [1.82, 2.24) is 9.80 Å². The van der Waals surface area contributed by atoms with Crippen LogP contribution in [-0.2, 0) is 9.53 Å². The molecule has 7 heteroatoms. The lowest BCUT2D eigenvalue weighted by atomic mass is 9.87. The van der Waals surface area contributed by atoms with Gasteiger partial charge in [0, 0.05) is 25.4 Å². The highest BCUT2D eigenvalue weighted by atomic mass is 32.2. The van der Waals surface area contributed by atoms with Crippen LogP contribution in [0.15, 0.2) is 24.3 Å². The van der Waals surface area contributed by atoms with E-state index in [9.17, 15) is 14.0 Å². The second kappa shape index (κ2) is 6.88. The van der Waals surface area contributed by atoms with Gasteiger partial charge in [0.1, 0.15) is 11.9 Å². The molecule has 5 nitrogen and oxygen atoms in total. The number of hydrogen-bond donors (Lipinski definition) is 0. The van der Waals surface area contributed by atoms with Crippen LogP contribution in [0.1, 0.15) is 18.5 Å². The van der Waals surface area contributed by atoms with E-state index < -0.39 is 6.04 Å². The summed E-state index contributed by atoms with van der Waals surface area (Å²) >= 11 is 1.24. The molecule has 0 N–H and O–H groups in total. The van der Waals surface area contributed by atoms with Gasteiger partial charge < -0.3 is 14.5 Å². The van der Waals surface area contributed by atoms with Gasteiger partial charge in [-0.25, -0.2) is 4.39 Å². The van der Waals surface area contributed by atoms with E-state index in [2.05, 4.69) is 0 Å². The summed E-state index contributed by atoms with van der Waals surface area (Å²) in [4.78, 5) is 27.9. The molecule has 2 atom stereocenters. The average molecular weight is 338 g/mol. The molecular weight excluding hydrogens is 319 g/mol. The van der Waals surface area contributed by atoms with Crippen LogP contribution in [0.4, 0.5) is 9.18 Å². The third kappa shape index (κ3) is 3.07. The van der Waals surface area contributed by atoms with Crippen molar-refractivity contribution in [3.8, 4) is 0 Å². The number of β-lactam (4-membered cyclic amide) rings is 1. The van der Waals surface area contributed by atoms with Crippen LogP contribution in [0, 0.1) is 5.82 Å². The zero-order chi connectivity index (χ0) is 16.4. The van der Waals surface area contributed by atoms with E-state index in [-0.39, 0.29) is 23.0 Å². The van der Waals surface area contributed by atoms with Crippen LogP contribution >= 0.6 is 11.8 Å². The predicted molar refractivity (Wildman–Crippen MR) is 85.7 cm³/mol. The van der Waals surface area contributed by atoms with Gasteiger partial charge in [0.05, 0.1) is 12.6 Å². The molecule has 0 unspecified atom stereocenters. The fourth-order valence-corrected chi connectivity index (χ4v) is 3.90. The Morgan fingerprint density at radius 2 is 2.00 bits per heavy atom. The van der Waals surface area contributed by atoms with Crippen LogP contribution in [0.25, 0.3) is 0 Å². The quantitative estimate of drug-likeness (QED) is 0.590. The fourth-order valence-electron chi connectivity index (χ4n) is 3.07. The summed E-state index contributed by atoms with van der Waals surface area (Å²) in [6, 6.07) is 5.42. The van der Waals surface area contributed by atoms with Crippen LogP contribution < -0.4 is 0 Å². The number of halogens is 1. The number of nitrogens with zero attached hydrogens (tertiary/aromatic N) is 2. The molecule has 1 aromatic rings. The summed E-state index contributed by atoms with van der Waals surface area (Å²) in [7, 11) is 0. The highest BCUT2D eigenvalue weighted by Gasteiger charge is 2.53. The van der Waals surface area contributed by atoms with E-state index in [1.165, 1.54) is 23.9 Å². The molecule has 2 aliphatic heterocycles. The van der Waals surface area contributed by atoms with Gasteiger partial charge >= 0.3 is 0 Å². The van der Waals surface area contributed by atoms with Crippen molar-refractivity contribution in [3.05, 3.63) is 35.6 Å². The Hall–Kier alpha value is -1.60. The molecule has 0 bridgehead atoms. The van der Waals surface area contributed by atoms with Gasteiger partial charge in [-0.15, -0.1) is 0 Å². The molecule has 2 amide bonds. The van der Waals surface area contributed by atoms with Crippen LogP contribution in [0.5, 0.6) is 0 Å². The van der Waals surface area contributed by atoms with Crippen molar-refractivity contribution in [2.75, 3.05) is 32.1 Å². The lowest BCUT2D eigenvalue weighted by Gasteiger charge is -2.50. The zero-order valence-corrected chi connectivity index (χ0v) is 13.7. The SMILES string of the molecule is CCOCCN1C(=O)[C@@H](N2CCSC2=O)[C@@H]1c1ccc(F)cc1. The molecule has 0 aliphatic carbocycles. The smallest absolute Gasteiger partial charge is 0.282 e. The Morgan fingerprint density at radius 3 is 2.61 bits per heavy atom. The Morgan fingerprint density at radius 1 is 1.26 bits per heavy atom. The number of carbonyl (C=O) groups excluding carboxylic acids is 2. The third-order valence-electron chi connectivity index (χ3n) is 4.19. The standard InChI is InChI=1S/C16H19FN2O3S/c1-2-22-9-7-18-13(11-3-5-12(17)6-4-11)14(15(18)20)19-8-10-23-16(19)21/h3-6,13-14H,2,7-10H2,1H3/t13-,14-/m0/s1. The van der Waals surface area contributed by atoms with Gasteiger partial charge in [0.25, 0.3) is 5.24 Å². The zero-order valence-electron chi connectivity index (χ0n) is 12.9. The molecule has 0 spiro atoms. The molecule has 0 aromatic heterocycles. The van der Waals surface area contributed by atoms with Crippen LogP contribution in [0.2, 0.25) is 0 Å².